The lowest BCUT2D eigenvalue weighted by atomic mass is 9.98. The van der Waals surface area contributed by atoms with Gasteiger partial charge in [0.05, 0.1) is 13.2 Å². The number of benzene rings is 3. The number of hydrogen-bond acceptors (Lipinski definition) is 9. The molecule has 2 heterocycles. The molecule has 47 heavy (non-hydrogen) atoms. The SMILES string of the molecule is CCCCCC/C(=N\O)C(=O)c1ccc2c(c1)c1cc(C(=O)c3ccc(OP(=O)(OCC)OCC)cc3)ccc1n2CCC1CNC1. The Hall–Kier alpha value is -3.82. The molecule has 1 aliphatic heterocycles. The molecular weight excluding hydrogens is 617 g/mol. The lowest BCUT2D eigenvalue weighted by Crippen LogP contribution is -2.42. The highest BCUT2D eigenvalue weighted by atomic mass is 31.2. The average molecular weight is 662 g/mol. The van der Waals surface area contributed by atoms with Gasteiger partial charge >= 0.3 is 7.82 Å². The first-order valence-electron chi connectivity index (χ1n) is 16.6. The molecule has 1 aliphatic rings. The van der Waals surface area contributed by atoms with E-state index in [2.05, 4.69) is 22.0 Å². The summed E-state index contributed by atoms with van der Waals surface area (Å²) in [4.78, 5) is 27.1. The maximum Gasteiger partial charge on any atom is 0.530 e. The number of unbranched alkanes of at least 4 members (excludes halogenated alkanes) is 3. The highest BCUT2D eigenvalue weighted by Gasteiger charge is 2.27. The van der Waals surface area contributed by atoms with Crippen molar-refractivity contribution < 1.29 is 32.9 Å². The van der Waals surface area contributed by atoms with E-state index in [1.165, 1.54) is 0 Å². The third-order valence-electron chi connectivity index (χ3n) is 8.57. The van der Waals surface area contributed by atoms with Crippen LogP contribution in [0, 0.1) is 5.92 Å². The number of rotatable bonds is 18. The molecule has 3 aromatic carbocycles. The summed E-state index contributed by atoms with van der Waals surface area (Å²) in [6.07, 6.45) is 5.33. The van der Waals surface area contributed by atoms with Gasteiger partial charge in [0.25, 0.3) is 0 Å². The molecule has 10 nitrogen and oxygen atoms in total. The zero-order valence-corrected chi connectivity index (χ0v) is 28.3. The molecule has 0 spiro atoms. The van der Waals surface area contributed by atoms with Gasteiger partial charge in [-0.2, -0.15) is 0 Å². The van der Waals surface area contributed by atoms with Crippen molar-refractivity contribution in [3.05, 3.63) is 77.4 Å². The smallest absolute Gasteiger partial charge is 0.411 e. The molecule has 0 unspecified atom stereocenters. The van der Waals surface area contributed by atoms with Gasteiger partial charge in [-0.25, -0.2) is 4.57 Å². The summed E-state index contributed by atoms with van der Waals surface area (Å²) >= 11 is 0. The second kappa shape index (κ2) is 15.8. The van der Waals surface area contributed by atoms with Crippen LogP contribution >= 0.6 is 7.82 Å². The Labute approximate surface area is 275 Å². The number of aryl methyl sites for hydroxylation is 1. The Morgan fingerprint density at radius 3 is 2.06 bits per heavy atom. The molecule has 4 aromatic rings. The van der Waals surface area contributed by atoms with Crippen LogP contribution in [-0.2, 0) is 20.2 Å². The Bertz CT molecular complexity index is 1780. The zero-order valence-electron chi connectivity index (χ0n) is 27.4. The molecule has 1 aromatic heterocycles. The van der Waals surface area contributed by atoms with E-state index < -0.39 is 7.82 Å². The normalized spacial score (nSPS) is 14.1. The Kier molecular flexibility index (Phi) is 11.6. The zero-order chi connectivity index (χ0) is 33.4. The van der Waals surface area contributed by atoms with E-state index in [9.17, 15) is 19.4 Å². The van der Waals surface area contributed by atoms with E-state index in [1.807, 2.05) is 30.3 Å². The molecule has 250 valence electrons. The maximum absolute atomic E-state index is 13.7. The molecule has 0 aliphatic carbocycles. The van der Waals surface area contributed by atoms with Gasteiger partial charge in [-0.3, -0.25) is 18.6 Å². The van der Waals surface area contributed by atoms with E-state index in [0.717, 1.165) is 73.5 Å². The van der Waals surface area contributed by atoms with Gasteiger partial charge in [-0.15, -0.1) is 0 Å². The number of nitrogens with one attached hydrogen (secondary N) is 1. The molecule has 0 amide bonds. The van der Waals surface area contributed by atoms with Crippen LogP contribution in [-0.4, -0.2) is 53.4 Å². The monoisotopic (exact) mass is 661 g/mol. The Balaban J connectivity index is 1.46. The van der Waals surface area contributed by atoms with Crippen molar-refractivity contribution in [2.75, 3.05) is 26.3 Å². The second-order valence-corrected chi connectivity index (χ2v) is 13.4. The van der Waals surface area contributed by atoms with Crippen LogP contribution in [0.1, 0.15) is 85.6 Å². The highest BCUT2D eigenvalue weighted by Crippen LogP contribution is 2.49. The molecule has 0 radical (unpaired) electrons. The average Bonchev–Trinajstić information content (AvgIpc) is 3.36. The number of hydrogen-bond donors (Lipinski definition) is 2. The van der Waals surface area contributed by atoms with Crippen LogP contribution in [0.25, 0.3) is 21.8 Å². The van der Waals surface area contributed by atoms with Crippen LogP contribution in [0.15, 0.2) is 65.8 Å². The third-order valence-corrected chi connectivity index (χ3v) is 10.2. The van der Waals surface area contributed by atoms with Gasteiger partial charge < -0.3 is 19.6 Å². The number of carbonyl (C=O) groups excluding carboxylic acids is 2. The van der Waals surface area contributed by atoms with Gasteiger partial charge in [-0.05, 0) is 113 Å². The topological polar surface area (TPSA) is 128 Å². The van der Waals surface area contributed by atoms with Crippen LogP contribution in [0.3, 0.4) is 0 Å². The lowest BCUT2D eigenvalue weighted by molar-refractivity contribution is 0.103. The Morgan fingerprint density at radius 1 is 0.872 bits per heavy atom. The quantitative estimate of drug-likeness (QED) is 0.0273. The van der Waals surface area contributed by atoms with E-state index in [1.54, 1.807) is 44.2 Å². The van der Waals surface area contributed by atoms with E-state index >= 15 is 0 Å². The second-order valence-electron chi connectivity index (χ2n) is 11.8. The summed E-state index contributed by atoms with van der Waals surface area (Å²) in [7, 11) is -3.76. The number of nitrogens with zero attached hydrogens (tertiary/aromatic N) is 2. The minimum absolute atomic E-state index is 0.156. The summed E-state index contributed by atoms with van der Waals surface area (Å²) in [5, 5.41) is 18.1. The van der Waals surface area contributed by atoms with Crippen molar-refractivity contribution in [3.8, 4) is 5.75 Å². The van der Waals surface area contributed by atoms with E-state index in [0.29, 0.717) is 29.0 Å². The fraction of sp³-hybridized carbons (Fsp3) is 0.417. The van der Waals surface area contributed by atoms with Crippen LogP contribution in [0.4, 0.5) is 0 Å². The minimum atomic E-state index is -3.76. The number of oxime groups is 1. The fourth-order valence-electron chi connectivity index (χ4n) is 5.96. The van der Waals surface area contributed by atoms with Gasteiger partial charge in [-0.1, -0.05) is 31.3 Å². The summed E-state index contributed by atoms with van der Waals surface area (Å²) in [5.74, 6) is 0.398. The summed E-state index contributed by atoms with van der Waals surface area (Å²) in [5.41, 5.74) is 3.50. The molecule has 2 N–H and O–H groups in total. The highest BCUT2D eigenvalue weighted by molar-refractivity contribution is 7.48. The van der Waals surface area contributed by atoms with Crippen LogP contribution in [0.2, 0.25) is 0 Å². The van der Waals surface area contributed by atoms with Crippen molar-refractivity contribution in [1.29, 1.82) is 0 Å². The first-order valence-corrected chi connectivity index (χ1v) is 18.0. The Morgan fingerprint density at radius 2 is 1.49 bits per heavy atom. The van der Waals surface area contributed by atoms with Crippen LogP contribution < -0.4 is 9.84 Å². The molecule has 5 rings (SSSR count). The lowest BCUT2D eigenvalue weighted by Gasteiger charge is -2.27. The number of fused-ring (bicyclic) bond motifs is 3. The van der Waals surface area contributed by atoms with E-state index in [4.69, 9.17) is 13.6 Å². The molecule has 0 atom stereocenters. The van der Waals surface area contributed by atoms with Gasteiger partial charge in [0.15, 0.2) is 5.78 Å². The summed E-state index contributed by atoms with van der Waals surface area (Å²) < 4.78 is 31.0. The predicted molar refractivity (Wildman–Crippen MR) is 184 cm³/mol. The minimum Gasteiger partial charge on any atom is -0.411 e. The molecule has 0 saturated carbocycles. The van der Waals surface area contributed by atoms with Crippen molar-refractivity contribution in [2.24, 2.45) is 11.1 Å². The number of phosphoric ester groups is 1. The van der Waals surface area contributed by atoms with Crippen molar-refractivity contribution >= 4 is 46.9 Å². The summed E-state index contributed by atoms with van der Waals surface area (Å²) in [6, 6.07) is 17.7. The number of carbonyl (C=O) groups is 2. The fourth-order valence-corrected chi connectivity index (χ4v) is 7.15. The predicted octanol–water partition coefficient (Wildman–Crippen LogP) is 8.18. The maximum atomic E-state index is 13.7. The van der Waals surface area contributed by atoms with Crippen molar-refractivity contribution in [3.63, 3.8) is 0 Å². The van der Waals surface area contributed by atoms with Crippen molar-refractivity contribution in [1.82, 2.24) is 9.88 Å². The van der Waals surface area contributed by atoms with E-state index in [-0.39, 0.29) is 36.2 Å². The molecule has 1 saturated heterocycles. The summed E-state index contributed by atoms with van der Waals surface area (Å²) in [6.45, 7) is 8.67. The van der Waals surface area contributed by atoms with Crippen LogP contribution in [0.5, 0.6) is 5.75 Å². The van der Waals surface area contributed by atoms with Gasteiger partial charge in [0, 0.05) is 45.0 Å². The van der Waals surface area contributed by atoms with Crippen molar-refractivity contribution in [2.45, 2.75) is 65.8 Å². The van der Waals surface area contributed by atoms with Gasteiger partial charge in [0.2, 0.25) is 5.78 Å². The standard InChI is InChI=1S/C36H44N3O7P/c1-4-7-8-9-10-32(38-42)36(41)28-14-18-34-31(22-28)30-21-27(13-17-33(30)39(34)20-19-25-23-37-24-25)35(40)26-11-15-29(16-12-26)46-47(43,44-5-2)45-6-3/h11-18,21-22,25,37,42H,4-10,19-20,23-24H2,1-3H3/b38-32+. The molecule has 11 heteroatoms. The first kappa shape index (κ1) is 34.5. The number of phosphoric acid groups is 1. The third kappa shape index (κ3) is 8.01. The first-order chi connectivity index (χ1) is 22.8. The number of aromatic nitrogens is 1. The molecule has 1 fully saturated rings. The number of ketones is 2. The molecular formula is C36H44N3O7P. The largest absolute Gasteiger partial charge is 0.530 e. The van der Waals surface area contributed by atoms with Gasteiger partial charge in [0.1, 0.15) is 11.5 Å². The molecule has 0 bridgehead atoms. The number of Topliss-reactive ketones (excluding diaryl/α,β-unsaturated/α-hetero) is 1.